The maximum absolute atomic E-state index is 12.9. The Balaban J connectivity index is 1.78. The lowest BCUT2D eigenvalue weighted by Gasteiger charge is -2.29. The lowest BCUT2D eigenvalue weighted by Crippen LogP contribution is -2.37. The van der Waals surface area contributed by atoms with Gasteiger partial charge < -0.3 is 10.2 Å². The smallest absolute Gasteiger partial charge is 0.272 e. The Morgan fingerprint density at radius 2 is 2.08 bits per heavy atom. The average Bonchev–Trinajstić information content (AvgIpc) is 3.10. The van der Waals surface area contributed by atoms with E-state index in [4.69, 9.17) is 4.98 Å². The molecule has 1 amide bonds. The molecule has 2 aromatic heterocycles. The summed E-state index contributed by atoms with van der Waals surface area (Å²) in [6.07, 6.45) is 4.73. The SMILES string of the molecule is CC(C)CCNC(=O)CCn1c(N2CCCCC2)nc2ccsc2c1=O. The van der Waals surface area contributed by atoms with Gasteiger partial charge in [-0.15, -0.1) is 11.3 Å². The van der Waals surface area contributed by atoms with Crippen LogP contribution in [0.15, 0.2) is 16.2 Å². The summed E-state index contributed by atoms with van der Waals surface area (Å²) in [6.45, 7) is 7.17. The van der Waals surface area contributed by atoms with Gasteiger partial charge in [0.15, 0.2) is 0 Å². The van der Waals surface area contributed by atoms with E-state index in [0.717, 1.165) is 43.8 Å². The Kier molecular flexibility index (Phi) is 6.29. The van der Waals surface area contributed by atoms with Crippen LogP contribution in [0.4, 0.5) is 5.95 Å². The van der Waals surface area contributed by atoms with E-state index in [2.05, 4.69) is 24.1 Å². The van der Waals surface area contributed by atoms with Crippen molar-refractivity contribution in [2.24, 2.45) is 5.92 Å². The van der Waals surface area contributed by atoms with Crippen molar-refractivity contribution < 1.29 is 4.79 Å². The van der Waals surface area contributed by atoms with Crippen molar-refractivity contribution in [2.45, 2.75) is 52.5 Å². The molecular weight excluding hydrogens is 348 g/mol. The van der Waals surface area contributed by atoms with Crippen molar-refractivity contribution in [3.8, 4) is 0 Å². The Labute approximate surface area is 158 Å². The fraction of sp³-hybridized carbons (Fsp3) is 0.632. The number of carbonyl (C=O) groups excluding carboxylic acids is 1. The van der Waals surface area contributed by atoms with Crippen molar-refractivity contribution in [1.29, 1.82) is 0 Å². The quantitative estimate of drug-likeness (QED) is 0.807. The van der Waals surface area contributed by atoms with Gasteiger partial charge in [-0.25, -0.2) is 4.98 Å². The number of nitrogens with zero attached hydrogens (tertiary/aromatic N) is 3. The standard InChI is InChI=1S/C19H28N4O2S/c1-14(2)6-9-20-16(24)7-12-23-18(25)17-15(8-13-26-17)21-19(23)22-10-4-3-5-11-22/h8,13-14H,3-7,9-12H2,1-2H3,(H,20,24). The summed E-state index contributed by atoms with van der Waals surface area (Å²) in [5.74, 6) is 1.28. The van der Waals surface area contributed by atoms with Crippen LogP contribution >= 0.6 is 11.3 Å². The molecule has 3 heterocycles. The highest BCUT2D eigenvalue weighted by Gasteiger charge is 2.20. The van der Waals surface area contributed by atoms with E-state index in [0.29, 0.717) is 30.1 Å². The van der Waals surface area contributed by atoms with E-state index < -0.39 is 0 Å². The van der Waals surface area contributed by atoms with E-state index in [1.807, 2.05) is 11.4 Å². The minimum atomic E-state index is -0.0273. The van der Waals surface area contributed by atoms with Crippen molar-refractivity contribution in [3.05, 3.63) is 21.8 Å². The predicted molar refractivity (Wildman–Crippen MR) is 107 cm³/mol. The number of hydrogen-bond acceptors (Lipinski definition) is 5. The molecule has 1 aliphatic rings. The second-order valence-electron chi connectivity index (χ2n) is 7.33. The normalized spacial score (nSPS) is 15.0. The second kappa shape index (κ2) is 8.66. The first-order valence-corrected chi connectivity index (χ1v) is 10.4. The molecule has 142 valence electrons. The lowest BCUT2D eigenvalue weighted by atomic mass is 10.1. The molecule has 0 radical (unpaired) electrons. The zero-order chi connectivity index (χ0) is 18.5. The fourth-order valence-electron chi connectivity index (χ4n) is 3.27. The molecule has 0 bridgehead atoms. The highest BCUT2D eigenvalue weighted by Crippen LogP contribution is 2.22. The molecule has 0 spiro atoms. The van der Waals surface area contributed by atoms with Crippen LogP contribution in [0.5, 0.6) is 0 Å². The first-order chi connectivity index (χ1) is 12.6. The number of amides is 1. The Morgan fingerprint density at radius 3 is 2.81 bits per heavy atom. The van der Waals surface area contributed by atoms with Crippen LogP contribution in [0.2, 0.25) is 0 Å². The second-order valence-corrected chi connectivity index (χ2v) is 8.25. The molecule has 7 heteroatoms. The Morgan fingerprint density at radius 1 is 1.31 bits per heavy atom. The molecule has 0 unspecified atom stereocenters. The van der Waals surface area contributed by atoms with Gasteiger partial charge in [0.05, 0.1) is 5.52 Å². The molecule has 2 aromatic rings. The molecule has 26 heavy (non-hydrogen) atoms. The summed E-state index contributed by atoms with van der Waals surface area (Å²) in [5.41, 5.74) is 0.735. The van der Waals surface area contributed by atoms with E-state index in [1.165, 1.54) is 17.8 Å². The molecule has 1 aliphatic heterocycles. The van der Waals surface area contributed by atoms with Crippen LogP contribution < -0.4 is 15.8 Å². The minimum Gasteiger partial charge on any atom is -0.356 e. The average molecular weight is 377 g/mol. The zero-order valence-corrected chi connectivity index (χ0v) is 16.5. The Bertz CT molecular complexity index is 805. The van der Waals surface area contributed by atoms with E-state index in [1.54, 1.807) is 4.57 Å². The minimum absolute atomic E-state index is 0.00609. The van der Waals surface area contributed by atoms with Crippen LogP contribution in [0, 0.1) is 5.92 Å². The number of aromatic nitrogens is 2. The summed E-state index contributed by atoms with van der Waals surface area (Å²) in [6, 6.07) is 1.90. The van der Waals surface area contributed by atoms with Crippen molar-refractivity contribution in [3.63, 3.8) is 0 Å². The van der Waals surface area contributed by atoms with Crippen molar-refractivity contribution in [2.75, 3.05) is 24.5 Å². The van der Waals surface area contributed by atoms with Crippen LogP contribution in [-0.2, 0) is 11.3 Å². The highest BCUT2D eigenvalue weighted by atomic mass is 32.1. The van der Waals surface area contributed by atoms with Gasteiger partial charge in [-0.05, 0) is 43.0 Å². The summed E-state index contributed by atoms with van der Waals surface area (Å²) in [7, 11) is 0. The number of carbonyl (C=O) groups is 1. The molecule has 0 aromatic carbocycles. The van der Waals surface area contributed by atoms with Gasteiger partial charge in [0.2, 0.25) is 11.9 Å². The van der Waals surface area contributed by atoms with Gasteiger partial charge in [-0.2, -0.15) is 0 Å². The van der Waals surface area contributed by atoms with Gasteiger partial charge in [-0.3, -0.25) is 14.2 Å². The van der Waals surface area contributed by atoms with E-state index in [-0.39, 0.29) is 11.5 Å². The fourth-order valence-corrected chi connectivity index (χ4v) is 4.05. The van der Waals surface area contributed by atoms with Gasteiger partial charge >= 0.3 is 0 Å². The van der Waals surface area contributed by atoms with Crippen LogP contribution in [0.25, 0.3) is 10.2 Å². The van der Waals surface area contributed by atoms with Crippen LogP contribution in [0.3, 0.4) is 0 Å². The van der Waals surface area contributed by atoms with E-state index in [9.17, 15) is 9.59 Å². The lowest BCUT2D eigenvalue weighted by molar-refractivity contribution is -0.121. The molecule has 3 rings (SSSR count). The largest absolute Gasteiger partial charge is 0.356 e. The van der Waals surface area contributed by atoms with Gasteiger partial charge in [0, 0.05) is 32.6 Å². The van der Waals surface area contributed by atoms with Crippen molar-refractivity contribution >= 4 is 33.4 Å². The number of piperidine rings is 1. The number of rotatable bonds is 7. The maximum Gasteiger partial charge on any atom is 0.272 e. The first-order valence-electron chi connectivity index (χ1n) is 9.56. The molecule has 0 aliphatic carbocycles. The Hall–Kier alpha value is -1.89. The van der Waals surface area contributed by atoms with E-state index >= 15 is 0 Å². The molecule has 1 N–H and O–H groups in total. The highest BCUT2D eigenvalue weighted by molar-refractivity contribution is 7.17. The van der Waals surface area contributed by atoms with Gasteiger partial charge in [0.25, 0.3) is 5.56 Å². The first kappa shape index (κ1) is 18.9. The van der Waals surface area contributed by atoms with Crippen LogP contribution in [0.1, 0.15) is 46.0 Å². The van der Waals surface area contributed by atoms with Crippen molar-refractivity contribution in [1.82, 2.24) is 14.9 Å². The molecule has 1 fully saturated rings. The molecule has 1 saturated heterocycles. The third kappa shape index (κ3) is 4.44. The number of thiophene rings is 1. The van der Waals surface area contributed by atoms with Gasteiger partial charge in [-0.1, -0.05) is 13.8 Å². The topological polar surface area (TPSA) is 67.2 Å². The molecule has 0 atom stereocenters. The summed E-state index contributed by atoms with van der Waals surface area (Å²) in [4.78, 5) is 32.0. The number of hydrogen-bond donors (Lipinski definition) is 1. The number of nitrogens with one attached hydrogen (secondary N) is 1. The zero-order valence-electron chi connectivity index (χ0n) is 15.7. The summed E-state index contributed by atoms with van der Waals surface area (Å²) >= 11 is 1.42. The summed E-state index contributed by atoms with van der Waals surface area (Å²) in [5, 5.41) is 4.85. The number of fused-ring (bicyclic) bond motifs is 1. The predicted octanol–water partition coefficient (Wildman–Crippen LogP) is 3.00. The third-order valence-corrected chi connectivity index (χ3v) is 5.68. The molecule has 6 nitrogen and oxygen atoms in total. The van der Waals surface area contributed by atoms with Crippen LogP contribution in [-0.4, -0.2) is 35.1 Å². The third-order valence-electron chi connectivity index (χ3n) is 4.79. The maximum atomic E-state index is 12.9. The molecular formula is C19H28N4O2S. The monoisotopic (exact) mass is 376 g/mol. The number of anilines is 1. The van der Waals surface area contributed by atoms with Gasteiger partial charge in [0.1, 0.15) is 4.70 Å². The summed E-state index contributed by atoms with van der Waals surface area (Å²) < 4.78 is 2.37. The molecule has 0 saturated carbocycles.